The number of hydrogen-bond acceptors (Lipinski definition) is 9. The molecule has 0 unspecified atom stereocenters. The molecular weight excluding hydrogens is 584 g/mol. The van der Waals surface area contributed by atoms with Gasteiger partial charge in [-0.2, -0.15) is 9.97 Å². The van der Waals surface area contributed by atoms with Gasteiger partial charge in [-0.3, -0.25) is 9.69 Å². The van der Waals surface area contributed by atoms with Crippen LogP contribution < -0.4 is 15.8 Å². The lowest BCUT2D eigenvalue weighted by Gasteiger charge is -2.39. The number of carbonyl (C=O) groups excluding carboxylic acids is 1. The van der Waals surface area contributed by atoms with Crippen molar-refractivity contribution < 1.29 is 18.3 Å². The van der Waals surface area contributed by atoms with Crippen molar-refractivity contribution >= 4 is 60.9 Å². The van der Waals surface area contributed by atoms with Gasteiger partial charge in [0.15, 0.2) is 10.9 Å². The number of aromatic nitrogens is 3. The van der Waals surface area contributed by atoms with Gasteiger partial charge in [-0.05, 0) is 63.0 Å². The van der Waals surface area contributed by atoms with Crippen molar-refractivity contribution in [3.05, 3.63) is 47.5 Å². The maximum absolute atomic E-state index is 16.5. The Balaban J connectivity index is 1.31. The number of ether oxygens (including phenoxy) is 1. The van der Waals surface area contributed by atoms with Crippen molar-refractivity contribution in [2.24, 2.45) is 0 Å². The van der Waals surface area contributed by atoms with Crippen molar-refractivity contribution in [1.82, 2.24) is 24.8 Å². The first-order valence-electron chi connectivity index (χ1n) is 13.9. The first kappa shape index (κ1) is 27.2. The van der Waals surface area contributed by atoms with Gasteiger partial charge in [-0.15, -0.1) is 0 Å². The summed E-state index contributed by atoms with van der Waals surface area (Å²) in [6.45, 7) is 6.91. The molecule has 0 spiro atoms. The van der Waals surface area contributed by atoms with E-state index in [4.69, 9.17) is 22.1 Å². The van der Waals surface area contributed by atoms with Crippen LogP contribution in [0.4, 0.5) is 19.7 Å². The Morgan fingerprint density at radius 2 is 1.98 bits per heavy atom. The highest BCUT2D eigenvalue weighted by molar-refractivity contribution is 7.22. The number of nitrogen functional groups attached to an aromatic ring is 1. The molecular formula is C29H28ClF2N7O2S. The zero-order chi connectivity index (χ0) is 29.2. The molecule has 2 aromatic heterocycles. The predicted octanol–water partition coefficient (Wildman–Crippen LogP) is 5.24. The van der Waals surface area contributed by atoms with Gasteiger partial charge in [0, 0.05) is 29.6 Å². The Morgan fingerprint density at radius 1 is 1.21 bits per heavy atom. The maximum Gasteiger partial charge on any atom is 0.319 e. The predicted molar refractivity (Wildman–Crippen MR) is 160 cm³/mol. The molecule has 3 fully saturated rings. The van der Waals surface area contributed by atoms with Gasteiger partial charge in [0.2, 0.25) is 5.91 Å². The van der Waals surface area contributed by atoms with Crippen LogP contribution in [0.2, 0.25) is 5.02 Å². The molecule has 0 bridgehead atoms. The van der Waals surface area contributed by atoms with Crippen LogP contribution in [0, 0.1) is 11.6 Å². The molecule has 7 rings (SSSR count). The molecule has 0 saturated carbocycles. The Kier molecular flexibility index (Phi) is 6.67. The minimum Gasteiger partial charge on any atom is -0.461 e. The third-order valence-electron chi connectivity index (χ3n) is 8.63. The standard InChI is InChI=1S/C29H28ClF2N7O2S/c1-2-20(40)38-12-15(13-38)34-26-17-11-18(30)21(16-5-6-19(31)25-24(16)35-27(33)42-25)22(32)23(17)36-28(37-26)41-14-29-7-3-9-39(29)10-4-8-29/h2,5-6,11,15H,1,3-4,7-10,12-14H2,(H2,33,35)(H,34,36,37). The van der Waals surface area contributed by atoms with Crippen LogP contribution in [0.15, 0.2) is 30.9 Å². The molecule has 218 valence electrons. The van der Waals surface area contributed by atoms with Gasteiger partial charge in [0.05, 0.1) is 26.8 Å². The Morgan fingerprint density at radius 3 is 2.71 bits per heavy atom. The second-order valence-corrected chi connectivity index (χ2v) is 12.6. The number of nitrogens with zero attached hydrogens (tertiary/aromatic N) is 5. The van der Waals surface area contributed by atoms with E-state index in [1.807, 2.05) is 0 Å². The van der Waals surface area contributed by atoms with Crippen LogP contribution in [-0.4, -0.2) is 75.0 Å². The molecule has 3 N–H and O–H groups in total. The molecule has 4 aromatic rings. The zero-order valence-electron chi connectivity index (χ0n) is 22.6. The molecule has 5 heterocycles. The van der Waals surface area contributed by atoms with E-state index in [0.717, 1.165) is 50.1 Å². The number of nitrogens with one attached hydrogen (secondary N) is 1. The fraction of sp³-hybridized carbons (Fsp3) is 0.379. The Labute approximate surface area is 249 Å². The van der Waals surface area contributed by atoms with E-state index in [-0.39, 0.29) is 54.9 Å². The van der Waals surface area contributed by atoms with E-state index in [9.17, 15) is 9.18 Å². The number of likely N-dealkylation sites (tertiary alicyclic amines) is 1. The molecule has 1 amide bonds. The minimum atomic E-state index is -0.703. The van der Waals surface area contributed by atoms with Crippen LogP contribution >= 0.6 is 22.9 Å². The number of thiazole rings is 1. The van der Waals surface area contributed by atoms with E-state index in [2.05, 4.69) is 31.7 Å². The van der Waals surface area contributed by atoms with Crippen molar-refractivity contribution in [3.8, 4) is 17.1 Å². The highest BCUT2D eigenvalue weighted by Gasteiger charge is 2.45. The number of halogens is 3. The van der Waals surface area contributed by atoms with Crippen molar-refractivity contribution in [2.45, 2.75) is 37.3 Å². The number of amides is 1. The number of benzene rings is 2. The summed E-state index contributed by atoms with van der Waals surface area (Å²) >= 11 is 7.69. The molecule has 42 heavy (non-hydrogen) atoms. The molecule has 13 heteroatoms. The summed E-state index contributed by atoms with van der Waals surface area (Å²) in [4.78, 5) is 29.5. The maximum atomic E-state index is 16.5. The number of nitrogens with two attached hydrogens (primary N) is 1. The SMILES string of the molecule is C=CC(=O)N1CC(Nc2nc(OCC34CCCN3CCC4)nc3c(F)c(-c4ccc(F)c5sc(N)nc45)c(Cl)cc23)C1. The number of rotatable bonds is 7. The summed E-state index contributed by atoms with van der Waals surface area (Å²) in [5, 5.41) is 3.93. The average molecular weight is 612 g/mol. The van der Waals surface area contributed by atoms with Gasteiger partial charge in [-0.1, -0.05) is 29.5 Å². The second-order valence-electron chi connectivity index (χ2n) is 11.1. The molecule has 3 aliphatic rings. The number of carbonyl (C=O) groups is 1. The first-order chi connectivity index (χ1) is 20.3. The third-order valence-corrected chi connectivity index (χ3v) is 9.82. The highest BCUT2D eigenvalue weighted by Crippen LogP contribution is 2.43. The highest BCUT2D eigenvalue weighted by atomic mass is 35.5. The second kappa shape index (κ2) is 10.3. The average Bonchev–Trinajstić information content (AvgIpc) is 3.65. The first-order valence-corrected chi connectivity index (χ1v) is 15.1. The fourth-order valence-corrected chi connectivity index (χ4v) is 7.58. The lowest BCUT2D eigenvalue weighted by atomic mass is 9.95. The molecule has 2 aromatic carbocycles. The Bertz CT molecular complexity index is 1750. The largest absolute Gasteiger partial charge is 0.461 e. The van der Waals surface area contributed by atoms with Gasteiger partial charge in [-0.25, -0.2) is 13.8 Å². The van der Waals surface area contributed by atoms with Crippen LogP contribution in [0.3, 0.4) is 0 Å². The van der Waals surface area contributed by atoms with Crippen LogP contribution in [-0.2, 0) is 4.79 Å². The van der Waals surface area contributed by atoms with Crippen molar-refractivity contribution in [3.63, 3.8) is 0 Å². The lowest BCUT2D eigenvalue weighted by Crippen LogP contribution is -2.56. The van der Waals surface area contributed by atoms with E-state index < -0.39 is 11.6 Å². The van der Waals surface area contributed by atoms with Crippen LogP contribution in [0.5, 0.6) is 6.01 Å². The van der Waals surface area contributed by atoms with E-state index in [1.54, 1.807) is 11.0 Å². The topological polar surface area (TPSA) is 110 Å². The molecule has 3 aliphatic heterocycles. The number of anilines is 2. The van der Waals surface area contributed by atoms with Gasteiger partial charge in [0.1, 0.15) is 23.8 Å². The number of fused-ring (bicyclic) bond motifs is 3. The normalized spacial score (nSPS) is 18.4. The Hall–Kier alpha value is -3.61. The quantitative estimate of drug-likeness (QED) is 0.273. The van der Waals surface area contributed by atoms with Crippen LogP contribution in [0.1, 0.15) is 25.7 Å². The van der Waals surface area contributed by atoms with Gasteiger partial charge >= 0.3 is 6.01 Å². The molecule has 0 radical (unpaired) electrons. The van der Waals surface area contributed by atoms with E-state index in [1.165, 1.54) is 18.2 Å². The zero-order valence-corrected chi connectivity index (χ0v) is 24.2. The summed E-state index contributed by atoms with van der Waals surface area (Å²) in [7, 11) is 0. The van der Waals surface area contributed by atoms with Gasteiger partial charge in [0.25, 0.3) is 0 Å². The van der Waals surface area contributed by atoms with E-state index in [0.29, 0.717) is 36.5 Å². The summed E-state index contributed by atoms with van der Waals surface area (Å²) in [5.74, 6) is -1.01. The van der Waals surface area contributed by atoms with Crippen LogP contribution in [0.25, 0.3) is 32.2 Å². The lowest BCUT2D eigenvalue weighted by molar-refractivity contribution is -0.129. The van der Waals surface area contributed by atoms with Gasteiger partial charge < -0.3 is 20.7 Å². The molecule has 9 nitrogen and oxygen atoms in total. The van der Waals surface area contributed by atoms with E-state index >= 15 is 4.39 Å². The summed E-state index contributed by atoms with van der Waals surface area (Å²) in [6, 6.07) is 4.21. The summed E-state index contributed by atoms with van der Waals surface area (Å²) in [5.41, 5.74) is 6.40. The van der Waals surface area contributed by atoms with Crippen molar-refractivity contribution in [2.75, 3.05) is 43.8 Å². The monoisotopic (exact) mass is 611 g/mol. The summed E-state index contributed by atoms with van der Waals surface area (Å²) < 4.78 is 37.5. The van der Waals surface area contributed by atoms with Crippen molar-refractivity contribution in [1.29, 1.82) is 0 Å². The molecule has 0 aliphatic carbocycles. The summed E-state index contributed by atoms with van der Waals surface area (Å²) in [6.07, 6.45) is 5.56. The third kappa shape index (κ3) is 4.43. The smallest absolute Gasteiger partial charge is 0.319 e. The molecule has 0 atom stereocenters. The molecule has 3 saturated heterocycles. The number of hydrogen-bond donors (Lipinski definition) is 2. The minimum absolute atomic E-state index is 0.00752. The fourth-order valence-electron chi connectivity index (χ4n) is 6.52.